The number of aryl methyl sites for hydroxylation is 2. The van der Waals surface area contributed by atoms with Gasteiger partial charge in [-0.15, -0.1) is 0 Å². The minimum Gasteiger partial charge on any atom is -0.497 e. The molecule has 2 aromatic carbocycles. The van der Waals surface area contributed by atoms with E-state index in [1.165, 1.54) is 52.1 Å². The maximum Gasteiger partial charge on any atom is 0.137 e. The molecular weight excluding hydrogens is 430 g/mol. The number of likely N-dealkylation sites (tertiary alicyclic amines) is 1. The van der Waals surface area contributed by atoms with Gasteiger partial charge in [0, 0.05) is 32.0 Å². The number of hydrogen-bond donors (Lipinski definition) is 0. The molecule has 3 heterocycles. The van der Waals surface area contributed by atoms with Crippen molar-refractivity contribution in [2.45, 2.75) is 39.7 Å². The van der Waals surface area contributed by atoms with Crippen molar-refractivity contribution in [2.24, 2.45) is 5.92 Å². The van der Waals surface area contributed by atoms with Gasteiger partial charge in [0.1, 0.15) is 11.4 Å². The highest BCUT2D eigenvalue weighted by atomic mass is 16.5. The molecule has 1 aliphatic carbocycles. The van der Waals surface area contributed by atoms with Crippen molar-refractivity contribution < 1.29 is 4.74 Å². The van der Waals surface area contributed by atoms with E-state index in [1.807, 2.05) is 0 Å². The maximum atomic E-state index is 5.57. The van der Waals surface area contributed by atoms with Crippen LogP contribution in [0, 0.1) is 12.8 Å². The molecule has 178 valence electrons. The van der Waals surface area contributed by atoms with E-state index < -0.39 is 0 Å². The molecule has 4 nitrogen and oxygen atoms in total. The molecule has 0 unspecified atom stereocenters. The van der Waals surface area contributed by atoms with Gasteiger partial charge in [-0.05, 0) is 95.3 Å². The molecule has 0 N–H and O–H groups in total. The molecule has 2 aliphatic rings. The molecule has 6 rings (SSSR count). The maximum absolute atomic E-state index is 5.57. The summed E-state index contributed by atoms with van der Waals surface area (Å²) in [5, 5.41) is 0. The van der Waals surface area contributed by atoms with Crippen LogP contribution in [0.1, 0.15) is 53.3 Å². The van der Waals surface area contributed by atoms with Gasteiger partial charge in [-0.2, -0.15) is 0 Å². The van der Waals surface area contributed by atoms with Crippen molar-refractivity contribution in [3.63, 3.8) is 0 Å². The zero-order valence-electron chi connectivity index (χ0n) is 20.9. The fraction of sp³-hybridized carbons (Fsp3) is 0.323. The second kappa shape index (κ2) is 9.01. The number of nitrogens with zero attached hydrogens (tertiary/aromatic N) is 3. The SMILES string of the molecule is COc1ccc2c(c1)CCCC(c1ccccc1C)=C2c1ccn2cc(CN3CC(C)C3)nc2c1. The van der Waals surface area contributed by atoms with E-state index in [9.17, 15) is 0 Å². The van der Waals surface area contributed by atoms with Crippen molar-refractivity contribution in [3.05, 3.63) is 101 Å². The van der Waals surface area contributed by atoms with Gasteiger partial charge in [0.25, 0.3) is 0 Å². The first-order valence-electron chi connectivity index (χ1n) is 12.8. The van der Waals surface area contributed by atoms with E-state index in [-0.39, 0.29) is 0 Å². The molecule has 4 heteroatoms. The van der Waals surface area contributed by atoms with Gasteiger partial charge >= 0.3 is 0 Å². The fourth-order valence-corrected chi connectivity index (χ4v) is 5.85. The van der Waals surface area contributed by atoms with Crippen LogP contribution in [0.3, 0.4) is 0 Å². The Morgan fingerprint density at radius 1 is 1.00 bits per heavy atom. The highest BCUT2D eigenvalue weighted by Crippen LogP contribution is 2.41. The largest absolute Gasteiger partial charge is 0.497 e. The lowest BCUT2D eigenvalue weighted by Gasteiger charge is -2.36. The Morgan fingerprint density at radius 2 is 1.86 bits per heavy atom. The average Bonchev–Trinajstić information content (AvgIpc) is 3.15. The first-order chi connectivity index (χ1) is 17.1. The van der Waals surface area contributed by atoms with E-state index in [4.69, 9.17) is 9.72 Å². The third-order valence-electron chi connectivity index (χ3n) is 7.55. The second-order valence-electron chi connectivity index (χ2n) is 10.3. The highest BCUT2D eigenvalue weighted by Gasteiger charge is 2.24. The van der Waals surface area contributed by atoms with E-state index in [0.29, 0.717) is 0 Å². The number of rotatable bonds is 5. The number of ether oxygens (including phenoxy) is 1. The van der Waals surface area contributed by atoms with Crippen molar-refractivity contribution in [1.82, 2.24) is 14.3 Å². The van der Waals surface area contributed by atoms with E-state index in [0.717, 1.165) is 48.8 Å². The van der Waals surface area contributed by atoms with E-state index in [1.54, 1.807) is 7.11 Å². The normalized spacial score (nSPS) is 16.8. The zero-order chi connectivity index (χ0) is 23.9. The third-order valence-corrected chi connectivity index (χ3v) is 7.55. The van der Waals surface area contributed by atoms with Crippen LogP contribution < -0.4 is 4.74 Å². The quantitative estimate of drug-likeness (QED) is 0.343. The number of imidazole rings is 1. The Morgan fingerprint density at radius 3 is 2.66 bits per heavy atom. The van der Waals surface area contributed by atoms with Gasteiger partial charge in [0.2, 0.25) is 0 Å². The van der Waals surface area contributed by atoms with Crippen LogP contribution in [0.5, 0.6) is 5.75 Å². The van der Waals surface area contributed by atoms with Crippen LogP contribution in [0.4, 0.5) is 0 Å². The number of aromatic nitrogens is 2. The van der Waals surface area contributed by atoms with Crippen LogP contribution >= 0.6 is 0 Å². The van der Waals surface area contributed by atoms with Gasteiger partial charge < -0.3 is 9.14 Å². The Labute approximate surface area is 207 Å². The van der Waals surface area contributed by atoms with Gasteiger partial charge in [-0.1, -0.05) is 37.3 Å². The number of hydrogen-bond acceptors (Lipinski definition) is 3. The summed E-state index contributed by atoms with van der Waals surface area (Å²) in [6.07, 6.45) is 7.59. The van der Waals surface area contributed by atoms with Crippen LogP contribution in [-0.2, 0) is 13.0 Å². The lowest BCUT2D eigenvalue weighted by Crippen LogP contribution is -2.44. The standard InChI is InChI=1S/C31H33N3O/c1-21-17-33(18-21)19-25-20-34-14-13-24(16-30(34)32-25)31-28-12-11-26(35-3)15-23(28)8-6-10-29(31)27-9-5-4-7-22(27)2/h4-5,7,9,11-16,20-21H,6,8,10,17-19H2,1-3H3. The molecule has 1 fully saturated rings. The van der Waals surface area contributed by atoms with Crippen LogP contribution in [0.15, 0.2) is 67.0 Å². The van der Waals surface area contributed by atoms with Crippen molar-refractivity contribution in [2.75, 3.05) is 20.2 Å². The predicted octanol–water partition coefficient (Wildman–Crippen LogP) is 6.40. The molecule has 0 spiro atoms. The number of methoxy groups -OCH3 is 1. The summed E-state index contributed by atoms with van der Waals surface area (Å²) in [5.41, 5.74) is 11.5. The van der Waals surface area contributed by atoms with Crippen LogP contribution in [-0.4, -0.2) is 34.5 Å². The number of pyridine rings is 1. The lowest BCUT2D eigenvalue weighted by atomic mass is 9.87. The Balaban J connectivity index is 1.50. The number of fused-ring (bicyclic) bond motifs is 2. The summed E-state index contributed by atoms with van der Waals surface area (Å²) < 4.78 is 7.74. The van der Waals surface area contributed by atoms with E-state index >= 15 is 0 Å². The Bertz CT molecular complexity index is 1420. The number of allylic oxidation sites excluding steroid dienone is 1. The molecule has 0 atom stereocenters. The van der Waals surface area contributed by atoms with Crippen molar-refractivity contribution >= 4 is 16.8 Å². The summed E-state index contributed by atoms with van der Waals surface area (Å²) in [5.74, 6) is 1.73. The molecule has 0 radical (unpaired) electrons. The first kappa shape index (κ1) is 22.1. The summed E-state index contributed by atoms with van der Waals surface area (Å²) in [4.78, 5) is 7.49. The molecule has 4 aromatic rings. The monoisotopic (exact) mass is 463 g/mol. The van der Waals surface area contributed by atoms with E-state index in [2.05, 4.69) is 90.1 Å². The lowest BCUT2D eigenvalue weighted by molar-refractivity contribution is 0.103. The molecule has 35 heavy (non-hydrogen) atoms. The minimum atomic E-state index is 0.805. The van der Waals surface area contributed by atoms with Gasteiger partial charge in [-0.3, -0.25) is 4.90 Å². The van der Waals surface area contributed by atoms with Crippen LogP contribution in [0.25, 0.3) is 16.8 Å². The molecule has 1 aliphatic heterocycles. The summed E-state index contributed by atoms with van der Waals surface area (Å²) in [7, 11) is 1.75. The zero-order valence-corrected chi connectivity index (χ0v) is 20.9. The molecular formula is C31H33N3O. The van der Waals surface area contributed by atoms with Crippen molar-refractivity contribution in [3.8, 4) is 5.75 Å². The third kappa shape index (κ3) is 4.17. The highest BCUT2D eigenvalue weighted by molar-refractivity contribution is 6.00. The van der Waals surface area contributed by atoms with Crippen LogP contribution in [0.2, 0.25) is 0 Å². The first-order valence-corrected chi connectivity index (χ1v) is 12.8. The molecule has 0 bridgehead atoms. The summed E-state index contributed by atoms with van der Waals surface area (Å²) >= 11 is 0. The van der Waals surface area contributed by atoms with Gasteiger partial charge in [0.15, 0.2) is 0 Å². The van der Waals surface area contributed by atoms with Gasteiger partial charge in [0.05, 0.1) is 12.8 Å². The second-order valence-corrected chi connectivity index (χ2v) is 10.3. The minimum absolute atomic E-state index is 0.805. The van der Waals surface area contributed by atoms with Crippen molar-refractivity contribution in [1.29, 1.82) is 0 Å². The Hall–Kier alpha value is -3.37. The molecule has 2 aromatic heterocycles. The average molecular weight is 464 g/mol. The summed E-state index contributed by atoms with van der Waals surface area (Å²) in [6, 6.07) is 19.9. The predicted molar refractivity (Wildman–Crippen MR) is 143 cm³/mol. The number of benzene rings is 2. The van der Waals surface area contributed by atoms with Gasteiger partial charge in [-0.25, -0.2) is 4.98 Å². The smallest absolute Gasteiger partial charge is 0.137 e. The molecule has 0 amide bonds. The topological polar surface area (TPSA) is 29.8 Å². The summed E-state index contributed by atoms with van der Waals surface area (Å²) in [6.45, 7) is 7.81. The fourth-order valence-electron chi connectivity index (χ4n) is 5.85. The molecule has 1 saturated heterocycles. The molecule has 0 saturated carbocycles. The Kier molecular flexibility index (Phi) is 5.69.